The average Bonchev–Trinajstić information content (AvgIpc) is 3.43. The minimum Gasteiger partial charge on any atom is -0.388 e. The molecule has 1 saturated carbocycles. The fourth-order valence-corrected chi connectivity index (χ4v) is 5.98. The third-order valence-corrected chi connectivity index (χ3v) is 8.29. The summed E-state index contributed by atoms with van der Waals surface area (Å²) < 4.78 is 0. The van der Waals surface area contributed by atoms with Crippen molar-refractivity contribution in [3.8, 4) is 11.3 Å². The zero-order valence-corrected chi connectivity index (χ0v) is 23.9. The Morgan fingerprint density at radius 3 is 1.98 bits per heavy atom. The molecule has 1 aliphatic rings. The Hall–Kier alpha value is -4.01. The first-order chi connectivity index (χ1) is 19.9. The van der Waals surface area contributed by atoms with Gasteiger partial charge in [0.25, 0.3) is 5.91 Å². The molecule has 8 heteroatoms. The summed E-state index contributed by atoms with van der Waals surface area (Å²) in [6.45, 7) is 0.820. The second kappa shape index (κ2) is 13.1. The first-order valence-corrected chi connectivity index (χ1v) is 15.0. The highest BCUT2D eigenvalue weighted by Gasteiger charge is 2.34. The maximum Gasteiger partial charge on any atom is 0.254 e. The lowest BCUT2D eigenvalue weighted by Crippen LogP contribution is -2.49. The van der Waals surface area contributed by atoms with E-state index in [0.29, 0.717) is 36.6 Å². The lowest BCUT2D eigenvalue weighted by Gasteiger charge is -2.38. The molecule has 0 aliphatic heterocycles. The first-order valence-electron chi connectivity index (χ1n) is 14.1. The number of hydrogen-bond acceptors (Lipinski definition) is 6. The first kappa shape index (κ1) is 28.5. The number of aliphatic hydroxyl groups is 1. The number of carbonyl (C=O) groups is 2. The number of anilines is 1. The van der Waals surface area contributed by atoms with Crippen molar-refractivity contribution in [3.63, 3.8) is 0 Å². The molecule has 7 nitrogen and oxygen atoms in total. The van der Waals surface area contributed by atoms with E-state index in [9.17, 15) is 14.7 Å². The highest BCUT2D eigenvalue weighted by Crippen LogP contribution is 2.30. The van der Waals surface area contributed by atoms with E-state index in [0.717, 1.165) is 41.6 Å². The van der Waals surface area contributed by atoms with Gasteiger partial charge < -0.3 is 20.6 Å². The number of nitrogens with zero attached hydrogens (tertiary/aromatic N) is 3. The molecule has 0 bridgehead atoms. The molecule has 1 fully saturated rings. The highest BCUT2D eigenvalue weighted by molar-refractivity contribution is 7.13. The van der Waals surface area contributed by atoms with Crippen molar-refractivity contribution in [2.45, 2.75) is 50.8 Å². The van der Waals surface area contributed by atoms with E-state index in [1.54, 1.807) is 21.9 Å². The fourth-order valence-electron chi connectivity index (χ4n) is 5.41. The van der Waals surface area contributed by atoms with Gasteiger partial charge in [-0.2, -0.15) is 0 Å². The zero-order valence-electron chi connectivity index (χ0n) is 23.1. The maximum atomic E-state index is 13.9. The van der Waals surface area contributed by atoms with Crippen molar-refractivity contribution < 1.29 is 14.7 Å². The van der Waals surface area contributed by atoms with Gasteiger partial charge in [0.15, 0.2) is 5.13 Å². The minimum absolute atomic E-state index is 0.0962. The van der Waals surface area contributed by atoms with Crippen LogP contribution in [0.25, 0.3) is 11.3 Å². The molecular formula is C33H36N4O3S. The number of rotatable bonds is 10. The molecule has 4 aromatic rings. The third-order valence-electron chi connectivity index (χ3n) is 7.62. The molecule has 1 heterocycles. The summed E-state index contributed by atoms with van der Waals surface area (Å²) in [5, 5.41) is 13.7. The molecule has 0 spiro atoms. The van der Waals surface area contributed by atoms with E-state index in [-0.39, 0.29) is 24.9 Å². The number of nitrogens with two attached hydrogens (primary N) is 1. The van der Waals surface area contributed by atoms with Crippen molar-refractivity contribution in [3.05, 3.63) is 107 Å². The number of aromatic nitrogens is 1. The number of thiazole rings is 1. The molecule has 0 unspecified atom stereocenters. The third kappa shape index (κ3) is 7.60. The minimum atomic E-state index is -0.911. The number of carbonyl (C=O) groups excluding carboxylic acids is 2. The largest absolute Gasteiger partial charge is 0.388 e. The van der Waals surface area contributed by atoms with E-state index in [1.165, 1.54) is 11.3 Å². The quantitative estimate of drug-likeness (QED) is 0.253. The van der Waals surface area contributed by atoms with Gasteiger partial charge in [0, 0.05) is 36.1 Å². The SMILES string of the molecule is Nc1nc(-c2ccc(C(=O)N(CC(=O)N(Cc3ccccc3)CC3(O)CCCCC3)Cc3ccccc3)cc2)cs1. The summed E-state index contributed by atoms with van der Waals surface area (Å²) in [5.41, 5.74) is 8.92. The number of benzene rings is 3. The Balaban J connectivity index is 1.39. The van der Waals surface area contributed by atoms with Gasteiger partial charge in [-0.25, -0.2) is 4.98 Å². The van der Waals surface area contributed by atoms with Crippen LogP contribution < -0.4 is 5.73 Å². The van der Waals surface area contributed by atoms with Gasteiger partial charge in [0.2, 0.25) is 5.91 Å². The number of hydrogen-bond donors (Lipinski definition) is 2. The van der Waals surface area contributed by atoms with Crippen LogP contribution in [0.4, 0.5) is 5.13 Å². The Kier molecular flexibility index (Phi) is 9.11. The van der Waals surface area contributed by atoms with Gasteiger partial charge in [0.05, 0.1) is 11.3 Å². The van der Waals surface area contributed by atoms with Crippen LogP contribution in [0.2, 0.25) is 0 Å². The molecular weight excluding hydrogens is 532 g/mol. The van der Waals surface area contributed by atoms with Gasteiger partial charge in [-0.15, -0.1) is 11.3 Å². The van der Waals surface area contributed by atoms with Crippen LogP contribution in [-0.4, -0.2) is 50.4 Å². The second-order valence-corrected chi connectivity index (χ2v) is 11.7. The second-order valence-electron chi connectivity index (χ2n) is 10.8. The predicted octanol–water partition coefficient (Wildman–Crippen LogP) is 5.76. The molecule has 1 aromatic heterocycles. The van der Waals surface area contributed by atoms with Gasteiger partial charge in [-0.1, -0.05) is 92.1 Å². The summed E-state index contributed by atoms with van der Waals surface area (Å²) in [6, 6.07) is 26.7. The number of amides is 2. The maximum absolute atomic E-state index is 13.9. The van der Waals surface area contributed by atoms with E-state index >= 15 is 0 Å². The van der Waals surface area contributed by atoms with Crippen LogP contribution in [0.5, 0.6) is 0 Å². The van der Waals surface area contributed by atoms with Gasteiger partial charge in [0.1, 0.15) is 6.54 Å². The predicted molar refractivity (Wildman–Crippen MR) is 163 cm³/mol. The summed E-state index contributed by atoms with van der Waals surface area (Å²) in [6.07, 6.45) is 4.35. The number of nitrogen functional groups attached to an aromatic ring is 1. The Morgan fingerprint density at radius 1 is 0.829 bits per heavy atom. The monoisotopic (exact) mass is 568 g/mol. The lowest BCUT2D eigenvalue weighted by atomic mass is 9.84. The van der Waals surface area contributed by atoms with E-state index in [4.69, 9.17) is 5.73 Å². The van der Waals surface area contributed by atoms with Crippen LogP contribution >= 0.6 is 11.3 Å². The standard InChI is InChI=1S/C33H36N4O3S/c34-32-35-29(23-41-32)27-14-16-28(17-15-27)31(39)36(20-25-10-4-1-5-11-25)22-30(38)37(21-26-12-6-2-7-13-26)24-33(40)18-8-3-9-19-33/h1-2,4-7,10-17,23,40H,3,8-9,18-22,24H2,(H2,34,35). The summed E-state index contributed by atoms with van der Waals surface area (Å²) in [4.78, 5) is 35.4. The normalized spacial score (nSPS) is 14.4. The van der Waals surface area contributed by atoms with Gasteiger partial charge in [-0.05, 0) is 36.1 Å². The molecule has 41 heavy (non-hydrogen) atoms. The van der Waals surface area contributed by atoms with Crippen molar-refractivity contribution >= 4 is 28.3 Å². The zero-order chi connectivity index (χ0) is 28.7. The molecule has 5 rings (SSSR count). The Morgan fingerprint density at radius 2 is 1.41 bits per heavy atom. The smallest absolute Gasteiger partial charge is 0.254 e. The van der Waals surface area contributed by atoms with E-state index in [1.807, 2.05) is 78.2 Å². The summed E-state index contributed by atoms with van der Waals surface area (Å²) in [7, 11) is 0. The molecule has 0 radical (unpaired) electrons. The van der Waals surface area contributed by atoms with Crippen LogP contribution in [0.3, 0.4) is 0 Å². The van der Waals surface area contributed by atoms with Crippen molar-refractivity contribution in [2.24, 2.45) is 0 Å². The van der Waals surface area contributed by atoms with E-state index in [2.05, 4.69) is 4.98 Å². The molecule has 212 valence electrons. The Bertz CT molecular complexity index is 1430. The molecule has 1 aliphatic carbocycles. The lowest BCUT2D eigenvalue weighted by molar-refractivity contribution is -0.137. The van der Waals surface area contributed by atoms with Crippen LogP contribution in [0.1, 0.15) is 53.6 Å². The molecule has 3 N–H and O–H groups in total. The highest BCUT2D eigenvalue weighted by atomic mass is 32.1. The van der Waals surface area contributed by atoms with Crippen LogP contribution in [0, 0.1) is 0 Å². The Labute approximate surface area is 245 Å². The van der Waals surface area contributed by atoms with Crippen molar-refractivity contribution in [2.75, 3.05) is 18.8 Å². The molecule has 2 amide bonds. The van der Waals surface area contributed by atoms with E-state index < -0.39 is 5.60 Å². The molecule has 0 atom stereocenters. The fraction of sp³-hybridized carbons (Fsp3) is 0.303. The van der Waals surface area contributed by atoms with Crippen LogP contribution in [0.15, 0.2) is 90.3 Å². The molecule has 3 aromatic carbocycles. The average molecular weight is 569 g/mol. The van der Waals surface area contributed by atoms with Gasteiger partial charge >= 0.3 is 0 Å². The van der Waals surface area contributed by atoms with Crippen LogP contribution in [-0.2, 0) is 17.9 Å². The van der Waals surface area contributed by atoms with Crippen molar-refractivity contribution in [1.29, 1.82) is 0 Å². The van der Waals surface area contributed by atoms with Crippen molar-refractivity contribution in [1.82, 2.24) is 14.8 Å². The molecule has 0 saturated heterocycles. The summed E-state index contributed by atoms with van der Waals surface area (Å²) >= 11 is 1.37. The van der Waals surface area contributed by atoms with Gasteiger partial charge in [-0.3, -0.25) is 9.59 Å². The topological polar surface area (TPSA) is 99.8 Å². The summed E-state index contributed by atoms with van der Waals surface area (Å²) in [5.74, 6) is -0.422.